The van der Waals surface area contributed by atoms with Crippen LogP contribution in [0.5, 0.6) is 5.75 Å². The van der Waals surface area contributed by atoms with Crippen LogP contribution in [-0.4, -0.2) is 7.11 Å². The second-order valence-corrected chi connectivity index (χ2v) is 8.10. The maximum atomic E-state index is 5.08. The molecule has 0 spiro atoms. The third-order valence-corrected chi connectivity index (χ3v) is 3.84. The summed E-state index contributed by atoms with van der Waals surface area (Å²) in [7, 11) is 1.69. The molecule has 142 valence electrons. The molecule has 0 aromatic heterocycles. The first-order valence-electron chi connectivity index (χ1n) is 8.26. The summed E-state index contributed by atoms with van der Waals surface area (Å²) in [5.41, 5.74) is 4.61. The summed E-state index contributed by atoms with van der Waals surface area (Å²) in [6, 6.07) is 16.9. The molecule has 0 bridgehead atoms. The number of benzene rings is 2. The summed E-state index contributed by atoms with van der Waals surface area (Å²) in [6.07, 6.45) is 0. The van der Waals surface area contributed by atoms with E-state index in [1.54, 1.807) is 7.11 Å². The van der Waals surface area contributed by atoms with Crippen LogP contribution >= 0.6 is 0 Å². The van der Waals surface area contributed by atoms with E-state index in [0.717, 1.165) is 5.75 Å². The summed E-state index contributed by atoms with van der Waals surface area (Å²) in [5, 5.41) is 0. The van der Waals surface area contributed by atoms with E-state index in [0.29, 0.717) is 0 Å². The van der Waals surface area contributed by atoms with Gasteiger partial charge in [-0.1, -0.05) is 98.4 Å². The lowest BCUT2D eigenvalue weighted by Crippen LogP contribution is -2.10. The summed E-state index contributed by atoms with van der Waals surface area (Å²) < 4.78 is 5.08. The van der Waals surface area contributed by atoms with Crippen molar-refractivity contribution in [2.24, 2.45) is 0 Å². The molecule has 1 heteroatoms. The normalized spacial score (nSPS) is 10.6. The second kappa shape index (κ2) is 10.3. The summed E-state index contributed by atoms with van der Waals surface area (Å²) in [5.74, 6) is 0.919. The Balaban J connectivity index is 0. The number of methoxy groups -OCH3 is 1. The molecule has 0 aliphatic rings. The topological polar surface area (TPSA) is 9.23 Å². The predicted octanol–water partition coefficient (Wildman–Crippen LogP) is 7.56. The maximum absolute atomic E-state index is 5.08. The van der Waals surface area contributed by atoms with Crippen LogP contribution in [0.25, 0.3) is 0 Å². The number of hydrogen-bond donors (Lipinski definition) is 0. The van der Waals surface area contributed by atoms with Gasteiger partial charge in [0.1, 0.15) is 5.75 Å². The first-order valence-corrected chi connectivity index (χ1v) is 8.26. The Kier molecular flexibility index (Phi) is 10.5. The lowest BCUT2D eigenvalue weighted by molar-refractivity contribution is 0.414. The van der Waals surface area contributed by atoms with E-state index in [2.05, 4.69) is 84.9 Å². The van der Waals surface area contributed by atoms with Crippen LogP contribution in [0, 0.1) is 6.92 Å². The van der Waals surface area contributed by atoms with Crippen molar-refractivity contribution in [3.05, 3.63) is 65.2 Å². The summed E-state index contributed by atoms with van der Waals surface area (Å²) in [6.45, 7) is 15.5. The molecule has 0 saturated heterocycles. The molecule has 25 heavy (non-hydrogen) atoms. The van der Waals surface area contributed by atoms with E-state index in [1.165, 1.54) is 16.7 Å². The van der Waals surface area contributed by atoms with Gasteiger partial charge >= 0.3 is 0 Å². The van der Waals surface area contributed by atoms with Gasteiger partial charge in [-0.25, -0.2) is 0 Å². The van der Waals surface area contributed by atoms with Gasteiger partial charge in [0.2, 0.25) is 0 Å². The second-order valence-electron chi connectivity index (χ2n) is 8.10. The van der Waals surface area contributed by atoms with Gasteiger partial charge in [0.15, 0.2) is 0 Å². The molecule has 0 unspecified atom stereocenters. The van der Waals surface area contributed by atoms with E-state index >= 15 is 0 Å². The monoisotopic (exact) mass is 344 g/mol. The molecule has 2 rings (SSSR count). The Morgan fingerprint density at radius 2 is 1.16 bits per heavy atom. The molecule has 0 radical (unpaired) electrons. The van der Waals surface area contributed by atoms with Crippen molar-refractivity contribution < 1.29 is 4.74 Å². The first-order chi connectivity index (χ1) is 10.5. The van der Waals surface area contributed by atoms with E-state index in [-0.39, 0.29) is 25.7 Å². The molecule has 2 aromatic rings. The summed E-state index contributed by atoms with van der Waals surface area (Å²) >= 11 is 0. The molecule has 0 amide bonds. The standard InChI is InChI=1S/C11H16O.C11H16.2CH4/c1-11(2,3)9-5-7-10(12-4)8-6-9;1-9-6-5-7-10(8-9)11(2,3)4;;/h5-8H,1-4H3;5-8H,1-4H3;2*1H4. The van der Waals surface area contributed by atoms with E-state index in [9.17, 15) is 0 Å². The smallest absolute Gasteiger partial charge is 0.118 e. The molecular formula is C24H40O. The highest BCUT2D eigenvalue weighted by molar-refractivity contribution is 5.31. The van der Waals surface area contributed by atoms with Gasteiger partial charge in [-0.3, -0.25) is 0 Å². The quantitative estimate of drug-likeness (QED) is 0.518. The molecule has 0 aliphatic heterocycles. The van der Waals surface area contributed by atoms with E-state index in [1.807, 2.05) is 12.1 Å². The minimum Gasteiger partial charge on any atom is -0.497 e. The van der Waals surface area contributed by atoms with E-state index in [4.69, 9.17) is 4.74 Å². The number of hydrogen-bond acceptors (Lipinski definition) is 1. The van der Waals surface area contributed by atoms with Crippen LogP contribution in [-0.2, 0) is 10.8 Å². The zero-order chi connectivity index (χ0) is 17.7. The van der Waals surface area contributed by atoms with Gasteiger partial charge in [0.25, 0.3) is 0 Å². The Morgan fingerprint density at radius 1 is 0.680 bits per heavy atom. The zero-order valence-electron chi connectivity index (χ0n) is 16.0. The van der Waals surface area contributed by atoms with Crippen molar-refractivity contribution in [3.8, 4) is 5.75 Å². The fraction of sp³-hybridized carbons (Fsp3) is 0.500. The number of rotatable bonds is 1. The van der Waals surface area contributed by atoms with Gasteiger partial charge in [0, 0.05) is 0 Å². The Hall–Kier alpha value is -1.76. The highest BCUT2D eigenvalue weighted by Gasteiger charge is 2.13. The van der Waals surface area contributed by atoms with Crippen LogP contribution in [0.4, 0.5) is 0 Å². The fourth-order valence-electron chi connectivity index (χ4n) is 2.20. The average molecular weight is 345 g/mol. The highest BCUT2D eigenvalue weighted by Crippen LogP contribution is 2.24. The molecule has 0 saturated carbocycles. The van der Waals surface area contributed by atoms with Gasteiger partial charge in [-0.15, -0.1) is 0 Å². The molecule has 0 atom stereocenters. The largest absolute Gasteiger partial charge is 0.497 e. The van der Waals surface area contributed by atoms with Gasteiger partial charge in [-0.05, 0) is 41.0 Å². The third-order valence-electron chi connectivity index (χ3n) is 3.84. The van der Waals surface area contributed by atoms with Crippen LogP contribution in [0.2, 0.25) is 0 Å². The van der Waals surface area contributed by atoms with Crippen molar-refractivity contribution in [2.75, 3.05) is 7.11 Å². The highest BCUT2D eigenvalue weighted by atomic mass is 16.5. The lowest BCUT2D eigenvalue weighted by Gasteiger charge is -2.19. The molecular weight excluding hydrogens is 304 g/mol. The molecule has 1 nitrogen and oxygen atoms in total. The molecule has 0 fully saturated rings. The number of aryl methyl sites for hydroxylation is 1. The molecule has 0 aliphatic carbocycles. The fourth-order valence-corrected chi connectivity index (χ4v) is 2.20. The predicted molar refractivity (Wildman–Crippen MR) is 115 cm³/mol. The van der Waals surface area contributed by atoms with Crippen LogP contribution in [0.3, 0.4) is 0 Å². The molecule has 0 heterocycles. The Morgan fingerprint density at radius 3 is 1.48 bits per heavy atom. The third kappa shape index (κ3) is 8.77. The lowest BCUT2D eigenvalue weighted by atomic mass is 9.86. The zero-order valence-corrected chi connectivity index (χ0v) is 16.0. The Labute approximate surface area is 157 Å². The van der Waals surface area contributed by atoms with Crippen LogP contribution < -0.4 is 4.74 Å². The van der Waals surface area contributed by atoms with Gasteiger partial charge in [0.05, 0.1) is 7.11 Å². The van der Waals surface area contributed by atoms with Crippen molar-refractivity contribution in [2.45, 2.75) is 74.1 Å². The number of ether oxygens (including phenoxy) is 1. The van der Waals surface area contributed by atoms with Crippen molar-refractivity contribution in [3.63, 3.8) is 0 Å². The van der Waals surface area contributed by atoms with Crippen molar-refractivity contribution >= 4 is 0 Å². The van der Waals surface area contributed by atoms with Gasteiger partial charge in [-0.2, -0.15) is 0 Å². The van der Waals surface area contributed by atoms with Crippen molar-refractivity contribution in [1.82, 2.24) is 0 Å². The Bertz CT molecular complexity index is 595. The van der Waals surface area contributed by atoms with Gasteiger partial charge < -0.3 is 4.74 Å². The molecule has 2 aromatic carbocycles. The molecule has 0 N–H and O–H groups in total. The average Bonchev–Trinajstić information content (AvgIpc) is 2.46. The SMILES string of the molecule is C.C.COc1ccc(C(C)(C)C)cc1.Cc1cccc(C(C)(C)C)c1. The van der Waals surface area contributed by atoms with Crippen LogP contribution in [0.15, 0.2) is 48.5 Å². The van der Waals surface area contributed by atoms with Crippen LogP contribution in [0.1, 0.15) is 73.1 Å². The minimum atomic E-state index is 0. The van der Waals surface area contributed by atoms with E-state index < -0.39 is 0 Å². The first kappa shape index (κ1) is 25.5. The van der Waals surface area contributed by atoms with Crippen molar-refractivity contribution in [1.29, 1.82) is 0 Å². The minimum absolute atomic E-state index is 0. The maximum Gasteiger partial charge on any atom is 0.118 e. The summed E-state index contributed by atoms with van der Waals surface area (Å²) in [4.78, 5) is 0.